The van der Waals surface area contributed by atoms with Gasteiger partial charge >= 0.3 is 0 Å². The van der Waals surface area contributed by atoms with Crippen LogP contribution >= 0.6 is 0 Å². The lowest BCUT2D eigenvalue weighted by Gasteiger charge is -2.30. The number of furan rings is 1. The van der Waals surface area contributed by atoms with Crippen LogP contribution in [0.3, 0.4) is 0 Å². The smallest absolute Gasteiger partial charge is 0.227 e. The summed E-state index contributed by atoms with van der Waals surface area (Å²) in [7, 11) is 0. The van der Waals surface area contributed by atoms with Crippen molar-refractivity contribution in [1.29, 1.82) is 0 Å². The van der Waals surface area contributed by atoms with Crippen LogP contribution in [-0.4, -0.2) is 33.7 Å². The van der Waals surface area contributed by atoms with Gasteiger partial charge in [0.25, 0.3) is 0 Å². The molecule has 1 aliphatic rings. The van der Waals surface area contributed by atoms with Gasteiger partial charge in [0, 0.05) is 42.0 Å². The van der Waals surface area contributed by atoms with Gasteiger partial charge in [-0.2, -0.15) is 5.10 Å². The molecular weight excluding hydrogens is 352 g/mol. The van der Waals surface area contributed by atoms with E-state index in [0.717, 1.165) is 56.0 Å². The Labute approximate surface area is 165 Å². The van der Waals surface area contributed by atoms with Crippen molar-refractivity contribution in [2.24, 2.45) is 5.92 Å². The first-order valence-corrected chi connectivity index (χ1v) is 9.90. The number of nitrogens with one attached hydrogen (secondary N) is 1. The molecule has 0 radical (unpaired) electrons. The summed E-state index contributed by atoms with van der Waals surface area (Å²) in [6, 6.07) is 11.6. The zero-order chi connectivity index (χ0) is 19.3. The van der Waals surface area contributed by atoms with Crippen molar-refractivity contribution in [3.63, 3.8) is 0 Å². The molecule has 0 saturated carbocycles. The monoisotopic (exact) mass is 378 g/mol. The first-order valence-electron chi connectivity index (χ1n) is 9.90. The van der Waals surface area contributed by atoms with E-state index in [1.165, 1.54) is 5.56 Å². The summed E-state index contributed by atoms with van der Waals surface area (Å²) in [6.07, 6.45) is 7.46. The highest BCUT2D eigenvalue weighted by Gasteiger charge is 2.25. The number of piperidine rings is 1. The molecule has 6 nitrogen and oxygen atoms in total. The maximum atomic E-state index is 12.7. The fourth-order valence-corrected chi connectivity index (χ4v) is 3.71. The van der Waals surface area contributed by atoms with Gasteiger partial charge in [0.2, 0.25) is 5.91 Å². The van der Waals surface area contributed by atoms with Gasteiger partial charge in [0.05, 0.1) is 12.5 Å². The van der Waals surface area contributed by atoms with Gasteiger partial charge in [-0.15, -0.1) is 0 Å². The highest BCUT2D eigenvalue weighted by molar-refractivity contribution is 5.93. The SMILES string of the molecule is CCn1cc(CN2CCC(C(=O)Nc3cccc(-c4ccco4)c3)CC2)cn1. The molecule has 146 valence electrons. The first-order chi connectivity index (χ1) is 13.7. The maximum absolute atomic E-state index is 12.7. The van der Waals surface area contributed by atoms with Gasteiger partial charge in [-0.25, -0.2) is 0 Å². The number of amides is 1. The number of likely N-dealkylation sites (tertiary alicyclic amines) is 1. The molecule has 0 spiro atoms. The topological polar surface area (TPSA) is 63.3 Å². The third-order valence-corrected chi connectivity index (χ3v) is 5.31. The van der Waals surface area contributed by atoms with E-state index in [0.29, 0.717) is 0 Å². The van der Waals surface area contributed by atoms with Gasteiger partial charge in [-0.1, -0.05) is 12.1 Å². The van der Waals surface area contributed by atoms with Crippen LogP contribution in [0.2, 0.25) is 0 Å². The van der Waals surface area contributed by atoms with Crippen LogP contribution in [0.15, 0.2) is 59.5 Å². The van der Waals surface area contributed by atoms with Crippen molar-refractivity contribution in [3.8, 4) is 11.3 Å². The van der Waals surface area contributed by atoms with E-state index < -0.39 is 0 Å². The van der Waals surface area contributed by atoms with Crippen LogP contribution in [0, 0.1) is 5.92 Å². The summed E-state index contributed by atoms with van der Waals surface area (Å²) >= 11 is 0. The van der Waals surface area contributed by atoms with E-state index in [1.807, 2.05) is 47.3 Å². The number of benzene rings is 1. The quantitative estimate of drug-likeness (QED) is 0.704. The predicted octanol–water partition coefficient (Wildman–Crippen LogP) is 4.01. The zero-order valence-electron chi connectivity index (χ0n) is 16.2. The molecule has 28 heavy (non-hydrogen) atoms. The summed E-state index contributed by atoms with van der Waals surface area (Å²) in [5.74, 6) is 0.965. The van der Waals surface area contributed by atoms with E-state index in [9.17, 15) is 4.79 Å². The summed E-state index contributed by atoms with van der Waals surface area (Å²) in [5.41, 5.74) is 3.01. The normalized spacial score (nSPS) is 15.6. The van der Waals surface area contributed by atoms with Crippen LogP contribution < -0.4 is 5.32 Å². The molecular formula is C22H26N4O2. The van der Waals surface area contributed by atoms with Gasteiger partial charge < -0.3 is 9.73 Å². The molecule has 6 heteroatoms. The second-order valence-electron chi connectivity index (χ2n) is 7.30. The Kier molecular flexibility index (Phi) is 5.58. The Morgan fingerprint density at radius 3 is 2.82 bits per heavy atom. The second kappa shape index (κ2) is 8.44. The molecule has 0 unspecified atom stereocenters. The largest absolute Gasteiger partial charge is 0.464 e. The van der Waals surface area contributed by atoms with Crippen LogP contribution in [0.1, 0.15) is 25.3 Å². The van der Waals surface area contributed by atoms with E-state index in [4.69, 9.17) is 4.42 Å². The molecule has 0 bridgehead atoms. The number of hydrogen-bond acceptors (Lipinski definition) is 4. The molecule has 3 aromatic rings. The fraction of sp³-hybridized carbons (Fsp3) is 0.364. The summed E-state index contributed by atoms with van der Waals surface area (Å²) in [5, 5.41) is 7.41. The molecule has 1 amide bonds. The Bertz CT molecular complexity index is 908. The number of nitrogens with zero attached hydrogens (tertiary/aromatic N) is 3. The Balaban J connectivity index is 1.30. The van der Waals surface area contributed by atoms with Crippen molar-refractivity contribution < 1.29 is 9.21 Å². The van der Waals surface area contributed by atoms with Gasteiger partial charge in [-0.3, -0.25) is 14.4 Å². The lowest BCUT2D eigenvalue weighted by Crippen LogP contribution is -2.37. The van der Waals surface area contributed by atoms with E-state index >= 15 is 0 Å². The second-order valence-corrected chi connectivity index (χ2v) is 7.30. The minimum atomic E-state index is 0.0573. The number of rotatable bonds is 6. The molecule has 0 atom stereocenters. The summed E-state index contributed by atoms with van der Waals surface area (Å²) in [6.45, 7) is 5.75. The van der Waals surface area contributed by atoms with E-state index in [2.05, 4.69) is 28.4 Å². The predicted molar refractivity (Wildman–Crippen MR) is 109 cm³/mol. The zero-order valence-corrected chi connectivity index (χ0v) is 16.2. The average molecular weight is 378 g/mol. The molecule has 1 aliphatic heterocycles. The Morgan fingerprint density at radius 1 is 1.25 bits per heavy atom. The fourth-order valence-electron chi connectivity index (χ4n) is 3.71. The lowest BCUT2D eigenvalue weighted by molar-refractivity contribution is -0.121. The minimum Gasteiger partial charge on any atom is -0.464 e. The Hall–Kier alpha value is -2.86. The standard InChI is InChI=1S/C22H26N4O2/c1-2-26-16-17(14-23-26)15-25-10-8-18(9-11-25)22(27)24-20-6-3-5-19(13-20)21-7-4-12-28-21/h3-7,12-14,16,18H,2,8-11,15H2,1H3,(H,24,27). The van der Waals surface area contributed by atoms with Crippen LogP contribution in [0.5, 0.6) is 0 Å². The molecule has 2 aromatic heterocycles. The molecule has 4 rings (SSSR count). The van der Waals surface area contributed by atoms with Gasteiger partial charge in [0.1, 0.15) is 5.76 Å². The highest BCUT2D eigenvalue weighted by atomic mass is 16.3. The molecule has 1 fully saturated rings. The van der Waals surface area contributed by atoms with Gasteiger partial charge in [0.15, 0.2) is 0 Å². The first kappa shape index (κ1) is 18.5. The lowest BCUT2D eigenvalue weighted by atomic mass is 9.95. The van der Waals surface area contributed by atoms with Crippen molar-refractivity contribution in [3.05, 3.63) is 60.6 Å². The van der Waals surface area contributed by atoms with Crippen molar-refractivity contribution in [1.82, 2.24) is 14.7 Å². The van der Waals surface area contributed by atoms with E-state index in [1.54, 1.807) is 6.26 Å². The minimum absolute atomic E-state index is 0.0573. The number of carbonyl (C=O) groups is 1. The summed E-state index contributed by atoms with van der Waals surface area (Å²) in [4.78, 5) is 15.1. The molecule has 0 aliphatic carbocycles. The van der Waals surface area contributed by atoms with Gasteiger partial charge in [-0.05, 0) is 57.1 Å². The third kappa shape index (κ3) is 4.34. The average Bonchev–Trinajstić information content (AvgIpc) is 3.41. The maximum Gasteiger partial charge on any atom is 0.227 e. The van der Waals surface area contributed by atoms with Crippen LogP contribution in [0.4, 0.5) is 5.69 Å². The molecule has 1 saturated heterocycles. The number of anilines is 1. The van der Waals surface area contributed by atoms with Crippen molar-refractivity contribution in [2.75, 3.05) is 18.4 Å². The molecule has 1 N–H and O–H groups in total. The van der Waals surface area contributed by atoms with Crippen LogP contribution in [-0.2, 0) is 17.9 Å². The molecule has 1 aromatic carbocycles. The molecule has 3 heterocycles. The van der Waals surface area contributed by atoms with Crippen molar-refractivity contribution in [2.45, 2.75) is 32.9 Å². The number of aromatic nitrogens is 2. The number of hydrogen-bond donors (Lipinski definition) is 1. The third-order valence-electron chi connectivity index (χ3n) is 5.31. The number of aryl methyl sites for hydroxylation is 1. The summed E-state index contributed by atoms with van der Waals surface area (Å²) < 4.78 is 7.39. The highest BCUT2D eigenvalue weighted by Crippen LogP contribution is 2.25. The van der Waals surface area contributed by atoms with Crippen molar-refractivity contribution >= 4 is 11.6 Å². The number of carbonyl (C=O) groups excluding carboxylic acids is 1. The Morgan fingerprint density at radius 2 is 2.11 bits per heavy atom. The van der Waals surface area contributed by atoms with Crippen LogP contribution in [0.25, 0.3) is 11.3 Å². The van der Waals surface area contributed by atoms with E-state index in [-0.39, 0.29) is 11.8 Å².